The van der Waals surface area contributed by atoms with Crippen molar-refractivity contribution in [1.82, 2.24) is 0 Å². The van der Waals surface area contributed by atoms with Crippen LogP contribution in [0.25, 0.3) is 0 Å². The van der Waals surface area contributed by atoms with Crippen LogP contribution in [-0.4, -0.2) is 26.7 Å². The van der Waals surface area contributed by atoms with Crippen LogP contribution in [0.4, 0.5) is 5.69 Å². The molecule has 1 aromatic rings. The molecule has 106 valence electrons. The topological polar surface area (TPSA) is 38.5 Å². The summed E-state index contributed by atoms with van der Waals surface area (Å²) >= 11 is 0. The van der Waals surface area contributed by atoms with E-state index < -0.39 is 0 Å². The average Bonchev–Trinajstić information content (AvgIpc) is 2.64. The largest absolute Gasteiger partial charge is 0.497 e. The van der Waals surface area contributed by atoms with Crippen LogP contribution in [0.1, 0.15) is 32.1 Å². The Labute approximate surface area is 116 Å². The zero-order valence-corrected chi connectivity index (χ0v) is 12.1. The van der Waals surface area contributed by atoms with E-state index in [0.717, 1.165) is 12.3 Å². The molecule has 3 heteroatoms. The van der Waals surface area contributed by atoms with E-state index in [1.807, 2.05) is 12.1 Å². The summed E-state index contributed by atoms with van der Waals surface area (Å²) in [6, 6.07) is 8.59. The molecule has 1 aliphatic carbocycles. The molecule has 0 heterocycles. The summed E-state index contributed by atoms with van der Waals surface area (Å²) in [7, 11) is 3.85. The van der Waals surface area contributed by atoms with Gasteiger partial charge < -0.3 is 15.4 Å². The molecule has 1 aliphatic rings. The van der Waals surface area contributed by atoms with Gasteiger partial charge in [0.1, 0.15) is 5.75 Å². The Morgan fingerprint density at radius 3 is 2.84 bits per heavy atom. The van der Waals surface area contributed by atoms with Crippen LogP contribution < -0.4 is 15.4 Å². The quantitative estimate of drug-likeness (QED) is 0.848. The van der Waals surface area contributed by atoms with E-state index >= 15 is 0 Å². The number of ether oxygens (including phenoxy) is 1. The maximum atomic E-state index is 6.31. The summed E-state index contributed by atoms with van der Waals surface area (Å²) in [5, 5.41) is 0. The Hall–Kier alpha value is -1.22. The minimum atomic E-state index is 0.357. The van der Waals surface area contributed by atoms with E-state index in [-0.39, 0.29) is 0 Å². The van der Waals surface area contributed by atoms with Gasteiger partial charge in [0, 0.05) is 31.4 Å². The Bertz CT molecular complexity index is 394. The third-order valence-electron chi connectivity index (χ3n) is 4.22. The van der Waals surface area contributed by atoms with Crippen molar-refractivity contribution in [1.29, 1.82) is 0 Å². The van der Waals surface area contributed by atoms with E-state index in [2.05, 4.69) is 24.1 Å². The molecule has 1 saturated carbocycles. The van der Waals surface area contributed by atoms with Gasteiger partial charge in [0.15, 0.2) is 0 Å². The zero-order valence-electron chi connectivity index (χ0n) is 12.1. The van der Waals surface area contributed by atoms with Crippen LogP contribution in [0.15, 0.2) is 24.3 Å². The van der Waals surface area contributed by atoms with Gasteiger partial charge in [-0.25, -0.2) is 0 Å². The summed E-state index contributed by atoms with van der Waals surface area (Å²) < 4.78 is 5.28. The predicted octanol–water partition coefficient (Wildman–Crippen LogP) is 3.04. The molecule has 0 spiro atoms. The number of nitrogens with zero attached hydrogens (tertiary/aromatic N) is 1. The maximum absolute atomic E-state index is 6.31. The maximum Gasteiger partial charge on any atom is 0.120 e. The van der Waals surface area contributed by atoms with E-state index in [0.29, 0.717) is 12.0 Å². The van der Waals surface area contributed by atoms with Crippen molar-refractivity contribution < 1.29 is 4.74 Å². The SMILES string of the molecule is COc1cccc(N(C)CC2CCCCCC2N)c1. The van der Waals surface area contributed by atoms with Crippen molar-refractivity contribution in [2.75, 3.05) is 25.6 Å². The van der Waals surface area contributed by atoms with E-state index in [4.69, 9.17) is 10.5 Å². The van der Waals surface area contributed by atoms with Crippen LogP contribution in [0.3, 0.4) is 0 Å². The molecule has 0 saturated heterocycles. The Kier molecular flexibility index (Phi) is 5.08. The number of benzene rings is 1. The van der Waals surface area contributed by atoms with Gasteiger partial charge >= 0.3 is 0 Å². The molecule has 3 nitrogen and oxygen atoms in total. The molecule has 0 radical (unpaired) electrons. The minimum absolute atomic E-state index is 0.357. The van der Waals surface area contributed by atoms with Crippen molar-refractivity contribution in [2.24, 2.45) is 11.7 Å². The lowest BCUT2D eigenvalue weighted by molar-refractivity contribution is 0.400. The van der Waals surface area contributed by atoms with Gasteiger partial charge in [0.2, 0.25) is 0 Å². The lowest BCUT2D eigenvalue weighted by atomic mass is 9.95. The second-order valence-electron chi connectivity index (χ2n) is 5.64. The summed E-state index contributed by atoms with van der Waals surface area (Å²) in [6.07, 6.45) is 6.39. The fourth-order valence-electron chi connectivity index (χ4n) is 2.94. The summed E-state index contributed by atoms with van der Waals surface area (Å²) in [5.74, 6) is 1.52. The Morgan fingerprint density at radius 2 is 2.05 bits per heavy atom. The van der Waals surface area contributed by atoms with Crippen molar-refractivity contribution in [2.45, 2.75) is 38.1 Å². The van der Waals surface area contributed by atoms with Crippen molar-refractivity contribution in [3.05, 3.63) is 24.3 Å². The lowest BCUT2D eigenvalue weighted by Gasteiger charge is -2.28. The summed E-state index contributed by atoms with van der Waals surface area (Å²) in [6.45, 7) is 1.04. The van der Waals surface area contributed by atoms with Gasteiger partial charge in [-0.1, -0.05) is 25.3 Å². The fraction of sp³-hybridized carbons (Fsp3) is 0.625. The number of hydrogen-bond acceptors (Lipinski definition) is 3. The number of rotatable bonds is 4. The van der Waals surface area contributed by atoms with Gasteiger partial charge in [-0.15, -0.1) is 0 Å². The molecule has 0 aromatic heterocycles. The highest BCUT2D eigenvalue weighted by molar-refractivity contribution is 5.50. The minimum Gasteiger partial charge on any atom is -0.497 e. The normalized spacial score (nSPS) is 23.7. The van der Waals surface area contributed by atoms with Crippen LogP contribution in [0, 0.1) is 5.92 Å². The molecular formula is C16H26N2O. The van der Waals surface area contributed by atoms with Gasteiger partial charge in [0.05, 0.1) is 7.11 Å². The lowest BCUT2D eigenvalue weighted by Crippen LogP contribution is -2.37. The third-order valence-corrected chi connectivity index (χ3v) is 4.22. The van der Waals surface area contributed by atoms with E-state index in [1.54, 1.807) is 7.11 Å². The molecule has 2 N–H and O–H groups in total. The van der Waals surface area contributed by atoms with Gasteiger partial charge in [0.25, 0.3) is 0 Å². The van der Waals surface area contributed by atoms with Gasteiger partial charge in [-0.05, 0) is 30.9 Å². The summed E-state index contributed by atoms with van der Waals surface area (Å²) in [5.41, 5.74) is 7.51. The monoisotopic (exact) mass is 262 g/mol. The molecule has 2 rings (SSSR count). The van der Waals surface area contributed by atoms with Gasteiger partial charge in [-0.3, -0.25) is 0 Å². The van der Waals surface area contributed by atoms with E-state index in [1.165, 1.54) is 37.8 Å². The number of nitrogens with two attached hydrogens (primary N) is 1. The fourth-order valence-corrected chi connectivity index (χ4v) is 2.94. The number of hydrogen-bond donors (Lipinski definition) is 1. The predicted molar refractivity (Wildman–Crippen MR) is 80.8 cm³/mol. The molecule has 2 atom stereocenters. The molecule has 1 aromatic carbocycles. The molecule has 0 bridgehead atoms. The molecule has 0 aliphatic heterocycles. The molecule has 2 unspecified atom stereocenters. The highest BCUT2D eigenvalue weighted by Crippen LogP contribution is 2.26. The molecule has 0 amide bonds. The first kappa shape index (κ1) is 14.2. The van der Waals surface area contributed by atoms with Crippen LogP contribution >= 0.6 is 0 Å². The standard InChI is InChI=1S/C16H26N2O/c1-18(14-8-6-9-15(11-14)19-2)12-13-7-4-3-5-10-16(13)17/h6,8-9,11,13,16H,3-5,7,10,12,17H2,1-2H3. The third kappa shape index (κ3) is 3.87. The van der Waals surface area contributed by atoms with Crippen molar-refractivity contribution in [3.63, 3.8) is 0 Å². The van der Waals surface area contributed by atoms with Crippen LogP contribution in [0.2, 0.25) is 0 Å². The first-order chi connectivity index (χ1) is 9.20. The molecule has 19 heavy (non-hydrogen) atoms. The van der Waals surface area contributed by atoms with Gasteiger partial charge in [-0.2, -0.15) is 0 Å². The molecular weight excluding hydrogens is 236 g/mol. The van der Waals surface area contributed by atoms with Crippen molar-refractivity contribution in [3.8, 4) is 5.75 Å². The highest BCUT2D eigenvalue weighted by atomic mass is 16.5. The summed E-state index contributed by atoms with van der Waals surface area (Å²) in [4.78, 5) is 2.30. The first-order valence-corrected chi connectivity index (χ1v) is 7.31. The number of anilines is 1. The van der Waals surface area contributed by atoms with Crippen molar-refractivity contribution >= 4 is 5.69 Å². The van der Waals surface area contributed by atoms with Crippen LogP contribution in [-0.2, 0) is 0 Å². The van der Waals surface area contributed by atoms with E-state index in [9.17, 15) is 0 Å². The second kappa shape index (κ2) is 6.80. The Balaban J connectivity index is 2.00. The second-order valence-corrected chi connectivity index (χ2v) is 5.64. The Morgan fingerprint density at radius 1 is 1.26 bits per heavy atom. The highest BCUT2D eigenvalue weighted by Gasteiger charge is 2.21. The smallest absolute Gasteiger partial charge is 0.120 e. The number of methoxy groups -OCH3 is 1. The van der Waals surface area contributed by atoms with Crippen LogP contribution in [0.5, 0.6) is 5.75 Å². The average molecular weight is 262 g/mol. The zero-order chi connectivity index (χ0) is 13.7. The molecule has 1 fully saturated rings. The first-order valence-electron chi connectivity index (χ1n) is 7.31.